The zero-order valence-electron chi connectivity index (χ0n) is 12.4. The Morgan fingerprint density at radius 1 is 1.43 bits per heavy atom. The second kappa shape index (κ2) is 6.54. The Morgan fingerprint density at radius 3 is 2.95 bits per heavy atom. The van der Waals surface area contributed by atoms with Gasteiger partial charge in [-0.3, -0.25) is 4.79 Å². The SMILES string of the molecule is CN1CCC(C(=O)c2nccn2CCc2cccs2)CC1. The number of imidazole rings is 1. The highest BCUT2D eigenvalue weighted by Crippen LogP contribution is 2.20. The standard InChI is InChI=1S/C16H21N3OS/c1-18-8-4-13(5-9-18)15(20)16-17-7-11-19(16)10-6-14-3-2-12-21-14/h2-3,7,11-13H,4-6,8-10H2,1H3. The fourth-order valence-corrected chi connectivity index (χ4v) is 3.55. The molecule has 0 saturated carbocycles. The van der Waals surface area contributed by atoms with Gasteiger partial charge < -0.3 is 9.47 Å². The number of hydrogen-bond donors (Lipinski definition) is 0. The highest BCUT2D eigenvalue weighted by Gasteiger charge is 2.27. The van der Waals surface area contributed by atoms with Crippen molar-refractivity contribution in [2.24, 2.45) is 5.92 Å². The Bertz CT molecular complexity index is 582. The molecule has 1 aliphatic heterocycles. The van der Waals surface area contributed by atoms with Crippen LogP contribution < -0.4 is 0 Å². The van der Waals surface area contributed by atoms with Gasteiger partial charge in [0.1, 0.15) is 0 Å². The summed E-state index contributed by atoms with van der Waals surface area (Å²) in [6, 6.07) is 4.21. The van der Waals surface area contributed by atoms with E-state index in [9.17, 15) is 4.79 Å². The molecule has 21 heavy (non-hydrogen) atoms. The van der Waals surface area contributed by atoms with Gasteiger partial charge in [-0.15, -0.1) is 11.3 Å². The average Bonchev–Trinajstić information content (AvgIpc) is 3.16. The van der Waals surface area contributed by atoms with Gasteiger partial charge in [0, 0.05) is 29.7 Å². The molecule has 0 spiro atoms. The normalized spacial score (nSPS) is 17.2. The summed E-state index contributed by atoms with van der Waals surface area (Å²) in [4.78, 5) is 20.6. The van der Waals surface area contributed by atoms with Crippen LogP contribution in [0.1, 0.15) is 28.3 Å². The van der Waals surface area contributed by atoms with Crippen molar-refractivity contribution in [1.29, 1.82) is 0 Å². The lowest BCUT2D eigenvalue weighted by molar-refractivity contribution is 0.0841. The molecule has 4 nitrogen and oxygen atoms in total. The van der Waals surface area contributed by atoms with Crippen molar-refractivity contribution in [3.63, 3.8) is 0 Å². The summed E-state index contributed by atoms with van der Waals surface area (Å²) >= 11 is 1.76. The summed E-state index contributed by atoms with van der Waals surface area (Å²) < 4.78 is 2.01. The molecule has 3 rings (SSSR count). The van der Waals surface area contributed by atoms with E-state index in [0.717, 1.165) is 38.9 Å². The molecule has 0 atom stereocenters. The third-order valence-electron chi connectivity index (χ3n) is 4.20. The number of thiophene rings is 1. The number of rotatable bonds is 5. The molecule has 0 aromatic carbocycles. The molecule has 0 bridgehead atoms. The monoisotopic (exact) mass is 303 g/mol. The minimum absolute atomic E-state index is 0.143. The molecule has 1 saturated heterocycles. The van der Waals surface area contributed by atoms with Crippen molar-refractivity contribution in [2.75, 3.05) is 20.1 Å². The van der Waals surface area contributed by atoms with Gasteiger partial charge >= 0.3 is 0 Å². The lowest BCUT2D eigenvalue weighted by Gasteiger charge is -2.27. The van der Waals surface area contributed by atoms with Crippen LogP contribution in [0.3, 0.4) is 0 Å². The first kappa shape index (κ1) is 14.5. The van der Waals surface area contributed by atoms with Crippen LogP contribution in [0.15, 0.2) is 29.9 Å². The van der Waals surface area contributed by atoms with Gasteiger partial charge in [-0.2, -0.15) is 0 Å². The van der Waals surface area contributed by atoms with Crippen LogP contribution in [0.25, 0.3) is 0 Å². The maximum absolute atomic E-state index is 12.7. The van der Waals surface area contributed by atoms with E-state index in [0.29, 0.717) is 5.82 Å². The minimum atomic E-state index is 0.143. The molecule has 5 heteroatoms. The number of carbonyl (C=O) groups excluding carboxylic acids is 1. The quantitative estimate of drug-likeness (QED) is 0.797. The predicted octanol–water partition coefficient (Wildman–Crippen LogP) is 2.71. The first-order valence-corrected chi connectivity index (χ1v) is 8.38. The van der Waals surface area contributed by atoms with E-state index in [1.54, 1.807) is 17.5 Å². The largest absolute Gasteiger partial charge is 0.328 e. The molecule has 0 N–H and O–H groups in total. The van der Waals surface area contributed by atoms with Crippen LogP contribution in [-0.2, 0) is 13.0 Å². The molecule has 112 valence electrons. The van der Waals surface area contributed by atoms with Crippen molar-refractivity contribution < 1.29 is 4.79 Å². The van der Waals surface area contributed by atoms with Gasteiger partial charge in [-0.25, -0.2) is 4.98 Å². The molecule has 3 heterocycles. The first-order chi connectivity index (χ1) is 10.2. The molecule has 0 unspecified atom stereocenters. The molecule has 0 radical (unpaired) electrons. The molecular weight excluding hydrogens is 282 g/mol. The number of nitrogens with zero attached hydrogens (tertiary/aromatic N) is 3. The van der Waals surface area contributed by atoms with Gasteiger partial charge in [-0.05, 0) is 50.8 Å². The lowest BCUT2D eigenvalue weighted by atomic mass is 9.92. The number of Topliss-reactive ketones (excluding diaryl/α,β-unsaturated/α-hetero) is 1. The van der Waals surface area contributed by atoms with E-state index in [4.69, 9.17) is 0 Å². The van der Waals surface area contributed by atoms with E-state index in [2.05, 4.69) is 34.4 Å². The zero-order chi connectivity index (χ0) is 14.7. The summed E-state index contributed by atoms with van der Waals surface area (Å²) in [7, 11) is 2.11. The van der Waals surface area contributed by atoms with Gasteiger partial charge in [0.05, 0.1) is 0 Å². The van der Waals surface area contributed by atoms with Crippen LogP contribution in [0.5, 0.6) is 0 Å². The summed E-state index contributed by atoms with van der Waals surface area (Å²) in [5.74, 6) is 1.00. The summed E-state index contributed by atoms with van der Waals surface area (Å²) in [6.45, 7) is 2.84. The third kappa shape index (κ3) is 3.41. The van der Waals surface area contributed by atoms with Crippen molar-refractivity contribution in [1.82, 2.24) is 14.5 Å². The average molecular weight is 303 g/mol. The molecule has 1 fully saturated rings. The molecular formula is C16H21N3OS. The Balaban J connectivity index is 1.65. The number of ketones is 1. The smallest absolute Gasteiger partial charge is 0.201 e. The van der Waals surface area contributed by atoms with E-state index in [1.807, 2.05) is 10.8 Å². The predicted molar refractivity (Wildman–Crippen MR) is 84.8 cm³/mol. The molecule has 1 aliphatic rings. The Hall–Kier alpha value is -1.46. The van der Waals surface area contributed by atoms with Crippen molar-refractivity contribution >= 4 is 17.1 Å². The first-order valence-electron chi connectivity index (χ1n) is 7.50. The number of likely N-dealkylation sites (tertiary alicyclic amines) is 1. The van der Waals surface area contributed by atoms with E-state index < -0.39 is 0 Å². The number of aromatic nitrogens is 2. The zero-order valence-corrected chi connectivity index (χ0v) is 13.2. The minimum Gasteiger partial charge on any atom is -0.328 e. The topological polar surface area (TPSA) is 38.1 Å². The third-order valence-corrected chi connectivity index (χ3v) is 5.14. The number of aryl methyl sites for hydroxylation is 2. The van der Waals surface area contributed by atoms with Gasteiger partial charge in [0.25, 0.3) is 0 Å². The second-order valence-corrected chi connectivity index (χ2v) is 6.75. The van der Waals surface area contributed by atoms with Crippen LogP contribution in [0.2, 0.25) is 0 Å². The second-order valence-electron chi connectivity index (χ2n) is 5.72. The van der Waals surface area contributed by atoms with Crippen molar-refractivity contribution in [3.8, 4) is 0 Å². The summed E-state index contributed by atoms with van der Waals surface area (Å²) in [5.41, 5.74) is 0. The van der Waals surface area contributed by atoms with Crippen LogP contribution in [0.4, 0.5) is 0 Å². The van der Waals surface area contributed by atoms with Crippen molar-refractivity contribution in [3.05, 3.63) is 40.6 Å². The van der Waals surface area contributed by atoms with E-state index in [1.165, 1.54) is 4.88 Å². The maximum Gasteiger partial charge on any atom is 0.201 e. The van der Waals surface area contributed by atoms with Crippen LogP contribution >= 0.6 is 11.3 Å². The number of hydrogen-bond acceptors (Lipinski definition) is 4. The number of piperidine rings is 1. The van der Waals surface area contributed by atoms with Crippen molar-refractivity contribution in [2.45, 2.75) is 25.8 Å². The molecule has 2 aromatic heterocycles. The van der Waals surface area contributed by atoms with E-state index >= 15 is 0 Å². The number of carbonyl (C=O) groups is 1. The van der Waals surface area contributed by atoms with Gasteiger partial charge in [-0.1, -0.05) is 6.07 Å². The van der Waals surface area contributed by atoms with E-state index in [-0.39, 0.29) is 11.7 Å². The molecule has 2 aromatic rings. The Labute approximate surface area is 129 Å². The fraction of sp³-hybridized carbons (Fsp3) is 0.500. The van der Waals surface area contributed by atoms with Gasteiger partial charge in [0.15, 0.2) is 5.82 Å². The molecule has 0 aliphatic carbocycles. The fourth-order valence-electron chi connectivity index (χ4n) is 2.85. The maximum atomic E-state index is 12.7. The Kier molecular flexibility index (Phi) is 4.51. The van der Waals surface area contributed by atoms with Gasteiger partial charge in [0.2, 0.25) is 5.78 Å². The Morgan fingerprint density at radius 2 is 2.24 bits per heavy atom. The highest BCUT2D eigenvalue weighted by atomic mass is 32.1. The lowest BCUT2D eigenvalue weighted by Crippen LogP contribution is -2.34. The van der Waals surface area contributed by atoms with Crippen LogP contribution in [-0.4, -0.2) is 40.4 Å². The summed E-state index contributed by atoms with van der Waals surface area (Å²) in [6.07, 6.45) is 6.54. The molecule has 0 amide bonds. The summed E-state index contributed by atoms with van der Waals surface area (Å²) in [5, 5.41) is 2.09. The van der Waals surface area contributed by atoms with Crippen LogP contribution in [0, 0.1) is 5.92 Å². The highest BCUT2D eigenvalue weighted by molar-refractivity contribution is 7.09.